The molecule has 0 spiro atoms. The van der Waals surface area contributed by atoms with Crippen molar-refractivity contribution in [1.29, 1.82) is 0 Å². The van der Waals surface area contributed by atoms with Crippen molar-refractivity contribution in [2.75, 3.05) is 18.1 Å². The maximum absolute atomic E-state index is 3.54. The monoisotopic (exact) mass is 185 g/mol. The van der Waals surface area contributed by atoms with Crippen LogP contribution in [0.25, 0.3) is 0 Å². The lowest BCUT2D eigenvalue weighted by Gasteiger charge is -2.13. The van der Waals surface area contributed by atoms with Gasteiger partial charge < -0.3 is 5.32 Å². The van der Waals surface area contributed by atoms with E-state index in [2.05, 4.69) is 24.0 Å². The van der Waals surface area contributed by atoms with Gasteiger partial charge in [-0.1, -0.05) is 0 Å². The quantitative estimate of drug-likeness (QED) is 0.707. The molecule has 1 N–H and O–H groups in total. The Morgan fingerprint density at radius 1 is 1.42 bits per heavy atom. The minimum atomic E-state index is 0.782. The Labute approximate surface area is 79.7 Å². The van der Waals surface area contributed by atoms with Gasteiger partial charge in [-0.15, -0.1) is 0 Å². The van der Waals surface area contributed by atoms with E-state index in [0.29, 0.717) is 0 Å². The normalized spacial score (nSPS) is 42.2. The van der Waals surface area contributed by atoms with Crippen LogP contribution in [-0.2, 0) is 0 Å². The zero-order valence-corrected chi connectivity index (χ0v) is 8.70. The van der Waals surface area contributed by atoms with E-state index in [0.717, 1.165) is 17.9 Å². The molecule has 0 amide bonds. The van der Waals surface area contributed by atoms with Crippen LogP contribution in [0.2, 0.25) is 0 Å². The van der Waals surface area contributed by atoms with E-state index in [1.165, 1.54) is 37.3 Å². The highest BCUT2D eigenvalue weighted by Gasteiger charge is 2.25. The summed E-state index contributed by atoms with van der Waals surface area (Å²) in [7, 11) is 0. The Kier molecular flexibility index (Phi) is 2.97. The molecule has 1 nitrogen and oxygen atoms in total. The number of hydrogen-bond donors (Lipinski definition) is 1. The molecule has 12 heavy (non-hydrogen) atoms. The highest BCUT2D eigenvalue weighted by Crippen LogP contribution is 2.31. The number of hydrogen-bond acceptors (Lipinski definition) is 2. The van der Waals surface area contributed by atoms with E-state index in [1.807, 2.05) is 0 Å². The average molecular weight is 185 g/mol. The van der Waals surface area contributed by atoms with Gasteiger partial charge in [0.2, 0.25) is 0 Å². The van der Waals surface area contributed by atoms with E-state index >= 15 is 0 Å². The standard InChI is InChI=1S/C10H19NS/c1-8-4-10(6-11-8)5-9-2-3-12-7-9/h8-11H,2-7H2,1H3. The first-order chi connectivity index (χ1) is 5.84. The van der Waals surface area contributed by atoms with Gasteiger partial charge in [0.25, 0.3) is 0 Å². The third-order valence-corrected chi connectivity index (χ3v) is 4.36. The molecule has 2 heterocycles. The Bertz CT molecular complexity index is 143. The first-order valence-corrected chi connectivity index (χ1v) is 6.31. The summed E-state index contributed by atoms with van der Waals surface area (Å²) >= 11 is 2.15. The van der Waals surface area contributed by atoms with E-state index in [9.17, 15) is 0 Å². The fraction of sp³-hybridized carbons (Fsp3) is 1.00. The largest absolute Gasteiger partial charge is 0.314 e. The molecule has 0 aromatic rings. The second-order valence-corrected chi connectivity index (χ2v) is 5.53. The summed E-state index contributed by atoms with van der Waals surface area (Å²) in [5, 5.41) is 3.54. The van der Waals surface area contributed by atoms with Gasteiger partial charge in [-0.3, -0.25) is 0 Å². The van der Waals surface area contributed by atoms with Crippen LogP contribution in [0.5, 0.6) is 0 Å². The molecule has 0 radical (unpaired) electrons. The minimum Gasteiger partial charge on any atom is -0.314 e. The topological polar surface area (TPSA) is 12.0 Å². The Hall–Kier alpha value is 0.310. The van der Waals surface area contributed by atoms with E-state index in [1.54, 1.807) is 0 Å². The summed E-state index contributed by atoms with van der Waals surface area (Å²) in [6.45, 7) is 3.59. The highest BCUT2D eigenvalue weighted by atomic mass is 32.2. The Morgan fingerprint density at radius 2 is 2.33 bits per heavy atom. The molecule has 0 aromatic heterocycles. The van der Waals surface area contributed by atoms with Crippen LogP contribution in [0.4, 0.5) is 0 Å². The second kappa shape index (κ2) is 4.01. The van der Waals surface area contributed by atoms with Crippen LogP contribution in [0.3, 0.4) is 0 Å². The summed E-state index contributed by atoms with van der Waals surface area (Å²) in [4.78, 5) is 0. The van der Waals surface area contributed by atoms with Crippen molar-refractivity contribution in [2.24, 2.45) is 11.8 Å². The molecular weight excluding hydrogens is 166 g/mol. The molecule has 0 aliphatic carbocycles. The average Bonchev–Trinajstić information content (AvgIpc) is 2.63. The van der Waals surface area contributed by atoms with Crippen molar-refractivity contribution >= 4 is 11.8 Å². The van der Waals surface area contributed by atoms with Gasteiger partial charge in [-0.2, -0.15) is 11.8 Å². The molecule has 2 saturated heterocycles. The van der Waals surface area contributed by atoms with Crippen LogP contribution >= 0.6 is 11.8 Å². The van der Waals surface area contributed by atoms with Crippen LogP contribution in [0.1, 0.15) is 26.2 Å². The van der Waals surface area contributed by atoms with Crippen molar-refractivity contribution in [1.82, 2.24) is 5.32 Å². The molecule has 2 fully saturated rings. The molecule has 2 aliphatic rings. The van der Waals surface area contributed by atoms with Crippen molar-refractivity contribution < 1.29 is 0 Å². The summed E-state index contributed by atoms with van der Waals surface area (Å²) in [5.74, 6) is 4.89. The van der Waals surface area contributed by atoms with Crippen LogP contribution in [-0.4, -0.2) is 24.1 Å². The van der Waals surface area contributed by atoms with Crippen LogP contribution in [0, 0.1) is 11.8 Å². The maximum Gasteiger partial charge on any atom is 0.00419 e. The summed E-state index contributed by atoms with van der Waals surface area (Å²) in [6.07, 6.45) is 4.39. The van der Waals surface area contributed by atoms with Crippen molar-refractivity contribution in [3.05, 3.63) is 0 Å². The van der Waals surface area contributed by atoms with Crippen molar-refractivity contribution in [2.45, 2.75) is 32.2 Å². The van der Waals surface area contributed by atoms with Gasteiger partial charge in [0.1, 0.15) is 0 Å². The lowest BCUT2D eigenvalue weighted by Crippen LogP contribution is -2.17. The van der Waals surface area contributed by atoms with Gasteiger partial charge in [0.15, 0.2) is 0 Å². The first-order valence-electron chi connectivity index (χ1n) is 5.15. The van der Waals surface area contributed by atoms with Crippen LogP contribution < -0.4 is 5.32 Å². The van der Waals surface area contributed by atoms with Gasteiger partial charge in [-0.05, 0) is 56.1 Å². The first kappa shape index (κ1) is 8.89. The molecule has 0 saturated carbocycles. The molecule has 70 valence electrons. The maximum atomic E-state index is 3.54. The fourth-order valence-electron chi connectivity index (χ4n) is 2.45. The molecule has 2 heteroatoms. The molecule has 3 atom stereocenters. The number of thioether (sulfide) groups is 1. The van der Waals surface area contributed by atoms with Gasteiger partial charge >= 0.3 is 0 Å². The zero-order chi connectivity index (χ0) is 8.39. The highest BCUT2D eigenvalue weighted by molar-refractivity contribution is 7.99. The second-order valence-electron chi connectivity index (χ2n) is 4.38. The molecule has 0 aromatic carbocycles. The molecule has 3 unspecified atom stereocenters. The molecule has 2 rings (SSSR count). The van der Waals surface area contributed by atoms with Gasteiger partial charge in [-0.25, -0.2) is 0 Å². The Balaban J connectivity index is 1.72. The lowest BCUT2D eigenvalue weighted by molar-refractivity contribution is 0.416. The van der Waals surface area contributed by atoms with E-state index in [4.69, 9.17) is 0 Å². The number of nitrogens with one attached hydrogen (secondary N) is 1. The third-order valence-electron chi connectivity index (χ3n) is 3.13. The predicted molar refractivity (Wildman–Crippen MR) is 55.6 cm³/mol. The molecule has 0 bridgehead atoms. The fourth-order valence-corrected chi connectivity index (χ4v) is 3.76. The summed E-state index contributed by atoms with van der Waals surface area (Å²) in [5.41, 5.74) is 0. The van der Waals surface area contributed by atoms with Gasteiger partial charge in [0, 0.05) is 6.04 Å². The molecule has 2 aliphatic heterocycles. The van der Waals surface area contributed by atoms with Gasteiger partial charge in [0.05, 0.1) is 0 Å². The summed E-state index contributed by atoms with van der Waals surface area (Å²) in [6, 6.07) is 0.782. The van der Waals surface area contributed by atoms with E-state index < -0.39 is 0 Å². The SMILES string of the molecule is CC1CC(CC2CCSC2)CN1. The lowest BCUT2D eigenvalue weighted by atomic mass is 9.92. The molecular formula is C10H19NS. The van der Waals surface area contributed by atoms with Crippen LogP contribution in [0.15, 0.2) is 0 Å². The van der Waals surface area contributed by atoms with Crippen molar-refractivity contribution in [3.8, 4) is 0 Å². The number of rotatable bonds is 2. The smallest absolute Gasteiger partial charge is 0.00419 e. The predicted octanol–water partition coefficient (Wildman–Crippen LogP) is 2.13. The third kappa shape index (κ3) is 2.17. The zero-order valence-electron chi connectivity index (χ0n) is 7.88. The van der Waals surface area contributed by atoms with Crippen molar-refractivity contribution in [3.63, 3.8) is 0 Å². The minimum absolute atomic E-state index is 0.782. The van der Waals surface area contributed by atoms with E-state index in [-0.39, 0.29) is 0 Å². The summed E-state index contributed by atoms with van der Waals surface area (Å²) < 4.78 is 0. The Morgan fingerprint density at radius 3 is 2.92 bits per heavy atom.